The minimum Gasteiger partial charge on any atom is -0.497 e. The van der Waals surface area contributed by atoms with Crippen molar-refractivity contribution in [3.63, 3.8) is 0 Å². The second-order valence-electron chi connectivity index (χ2n) is 4.98. The number of hydrogen-bond donors (Lipinski definition) is 0. The van der Waals surface area contributed by atoms with Gasteiger partial charge in [-0.1, -0.05) is 15.8 Å². The molecule has 130 valence electrons. The van der Waals surface area contributed by atoms with E-state index in [-0.39, 0.29) is 6.54 Å². The number of fused-ring (bicyclic) bond motifs is 1. The van der Waals surface area contributed by atoms with Crippen molar-refractivity contribution in [2.75, 3.05) is 14.2 Å². The quantitative estimate of drug-likeness (QED) is 0.642. The van der Waals surface area contributed by atoms with Crippen LogP contribution in [-0.2, 0) is 16.1 Å². The summed E-state index contributed by atoms with van der Waals surface area (Å²) in [6.45, 7) is 1.65. The first-order valence-electron chi connectivity index (χ1n) is 7.15. The van der Waals surface area contributed by atoms with Gasteiger partial charge >= 0.3 is 5.97 Å². The van der Waals surface area contributed by atoms with Gasteiger partial charge in [0.15, 0.2) is 4.80 Å². The maximum atomic E-state index is 12.4. The van der Waals surface area contributed by atoms with Gasteiger partial charge in [0.1, 0.15) is 17.2 Å². The fourth-order valence-corrected chi connectivity index (χ4v) is 3.78. The van der Waals surface area contributed by atoms with Crippen LogP contribution in [0.3, 0.4) is 0 Å². The smallest absolute Gasteiger partial charge is 0.325 e. The molecule has 0 aliphatic carbocycles. The van der Waals surface area contributed by atoms with E-state index in [1.165, 1.54) is 18.4 Å². The zero-order valence-electron chi connectivity index (χ0n) is 13.7. The molecular weight excluding hydrogens is 364 g/mol. The molecule has 1 aromatic carbocycles. The van der Waals surface area contributed by atoms with E-state index in [2.05, 4.69) is 14.6 Å². The Bertz CT molecular complexity index is 1020. The van der Waals surface area contributed by atoms with Crippen LogP contribution in [-0.4, -0.2) is 40.3 Å². The highest BCUT2D eigenvalue weighted by molar-refractivity contribution is 7.16. The van der Waals surface area contributed by atoms with Gasteiger partial charge in [0.2, 0.25) is 0 Å². The van der Waals surface area contributed by atoms with Crippen LogP contribution in [0.4, 0.5) is 0 Å². The molecule has 0 unspecified atom stereocenters. The molecule has 0 spiro atoms. The predicted molar refractivity (Wildman–Crippen MR) is 92.9 cm³/mol. The predicted octanol–water partition coefficient (Wildman–Crippen LogP) is 1.79. The van der Waals surface area contributed by atoms with E-state index in [1.807, 2.05) is 12.1 Å². The Balaban J connectivity index is 2.16. The summed E-state index contributed by atoms with van der Waals surface area (Å²) in [5.41, 5.74) is 1.29. The first kappa shape index (κ1) is 17.2. The van der Waals surface area contributed by atoms with Gasteiger partial charge in [-0.15, -0.1) is 5.10 Å². The lowest BCUT2D eigenvalue weighted by atomic mass is 10.3. The van der Waals surface area contributed by atoms with Crippen molar-refractivity contribution in [2.24, 2.45) is 4.99 Å². The molecule has 3 aromatic rings. The van der Waals surface area contributed by atoms with Crippen LogP contribution >= 0.6 is 22.9 Å². The van der Waals surface area contributed by atoms with E-state index >= 15 is 0 Å². The number of aryl methyl sites for hydroxylation is 1. The Kier molecular flexibility index (Phi) is 4.91. The Labute approximate surface area is 150 Å². The summed E-state index contributed by atoms with van der Waals surface area (Å²) in [7, 11) is 2.89. The molecule has 10 heteroatoms. The standard InChI is InChI=1S/C15H14N4O4S2/c1-8-13(25-18-17-8)14(21)16-15-19(7-12(20)23-3)10-5-4-9(22-2)6-11(10)24-15/h4-6H,7H2,1-3H3. The first-order chi connectivity index (χ1) is 12.0. The van der Waals surface area contributed by atoms with Crippen LogP contribution in [0.5, 0.6) is 5.75 Å². The Hall–Kier alpha value is -2.59. The molecule has 0 bridgehead atoms. The van der Waals surface area contributed by atoms with E-state index in [4.69, 9.17) is 9.47 Å². The molecule has 0 saturated carbocycles. The third-order valence-corrected chi connectivity index (χ3v) is 5.30. The zero-order valence-corrected chi connectivity index (χ0v) is 15.3. The number of hydrogen-bond acceptors (Lipinski definition) is 8. The number of carbonyl (C=O) groups excluding carboxylic acids is 2. The molecule has 0 N–H and O–H groups in total. The van der Waals surface area contributed by atoms with Crippen LogP contribution in [0.1, 0.15) is 15.4 Å². The molecule has 1 amide bonds. The highest BCUT2D eigenvalue weighted by atomic mass is 32.1. The van der Waals surface area contributed by atoms with Gasteiger partial charge in [-0.2, -0.15) is 4.99 Å². The summed E-state index contributed by atoms with van der Waals surface area (Å²) in [6, 6.07) is 5.43. The lowest BCUT2D eigenvalue weighted by molar-refractivity contribution is -0.141. The largest absolute Gasteiger partial charge is 0.497 e. The first-order valence-corrected chi connectivity index (χ1v) is 8.74. The third-order valence-electron chi connectivity index (χ3n) is 3.45. The van der Waals surface area contributed by atoms with E-state index < -0.39 is 11.9 Å². The Morgan fingerprint density at radius 1 is 1.32 bits per heavy atom. The topological polar surface area (TPSA) is 95.7 Å². The fourth-order valence-electron chi connectivity index (χ4n) is 2.18. The summed E-state index contributed by atoms with van der Waals surface area (Å²) in [6.07, 6.45) is 0. The van der Waals surface area contributed by atoms with Gasteiger partial charge in [-0.05, 0) is 36.7 Å². The van der Waals surface area contributed by atoms with Crippen molar-refractivity contribution in [3.8, 4) is 5.75 Å². The fraction of sp³-hybridized carbons (Fsp3) is 0.267. The molecule has 3 rings (SSSR count). The molecule has 0 aliphatic rings. The number of esters is 1. The van der Waals surface area contributed by atoms with Crippen LogP contribution < -0.4 is 9.54 Å². The minimum atomic E-state index is -0.440. The molecule has 25 heavy (non-hydrogen) atoms. The van der Waals surface area contributed by atoms with Crippen molar-refractivity contribution in [1.29, 1.82) is 0 Å². The summed E-state index contributed by atoms with van der Waals surface area (Å²) in [5.74, 6) is -0.191. The summed E-state index contributed by atoms with van der Waals surface area (Å²) < 4.78 is 16.2. The molecule has 0 saturated heterocycles. The SMILES string of the molecule is COC(=O)Cn1c(=NC(=O)c2snnc2C)sc2cc(OC)ccc21. The van der Waals surface area contributed by atoms with Gasteiger partial charge in [-0.25, -0.2) is 0 Å². The highest BCUT2D eigenvalue weighted by Gasteiger charge is 2.15. The van der Waals surface area contributed by atoms with Crippen molar-refractivity contribution < 1.29 is 19.1 Å². The molecule has 0 fully saturated rings. The number of thiazole rings is 1. The number of methoxy groups -OCH3 is 2. The highest BCUT2D eigenvalue weighted by Crippen LogP contribution is 2.23. The van der Waals surface area contributed by atoms with Crippen LogP contribution in [0.2, 0.25) is 0 Å². The second kappa shape index (κ2) is 7.11. The maximum absolute atomic E-state index is 12.4. The molecule has 0 radical (unpaired) electrons. The summed E-state index contributed by atoms with van der Waals surface area (Å²) in [5, 5.41) is 3.82. The van der Waals surface area contributed by atoms with E-state index in [1.54, 1.807) is 24.7 Å². The zero-order chi connectivity index (χ0) is 18.0. The second-order valence-corrected chi connectivity index (χ2v) is 6.75. The number of benzene rings is 1. The molecule has 2 heterocycles. The lowest BCUT2D eigenvalue weighted by Gasteiger charge is -2.04. The number of aromatic nitrogens is 3. The van der Waals surface area contributed by atoms with Crippen LogP contribution in [0.15, 0.2) is 23.2 Å². The van der Waals surface area contributed by atoms with Gasteiger partial charge in [-0.3, -0.25) is 9.59 Å². The lowest BCUT2D eigenvalue weighted by Crippen LogP contribution is -2.22. The molecule has 2 aromatic heterocycles. The minimum absolute atomic E-state index is 0.0468. The van der Waals surface area contributed by atoms with Crippen molar-refractivity contribution in [1.82, 2.24) is 14.2 Å². The summed E-state index contributed by atoms with van der Waals surface area (Å²) >= 11 is 2.28. The average Bonchev–Trinajstić information content (AvgIpc) is 3.18. The maximum Gasteiger partial charge on any atom is 0.325 e. The molecule has 8 nitrogen and oxygen atoms in total. The van der Waals surface area contributed by atoms with Crippen LogP contribution in [0, 0.1) is 6.92 Å². The van der Waals surface area contributed by atoms with E-state index in [0.717, 1.165) is 21.7 Å². The van der Waals surface area contributed by atoms with E-state index in [0.29, 0.717) is 21.1 Å². The van der Waals surface area contributed by atoms with Crippen molar-refractivity contribution in [2.45, 2.75) is 13.5 Å². The Morgan fingerprint density at radius 3 is 2.76 bits per heavy atom. The average molecular weight is 378 g/mol. The van der Waals surface area contributed by atoms with E-state index in [9.17, 15) is 9.59 Å². The van der Waals surface area contributed by atoms with Crippen LogP contribution in [0.25, 0.3) is 10.2 Å². The normalized spacial score (nSPS) is 11.7. The van der Waals surface area contributed by atoms with Crippen molar-refractivity contribution in [3.05, 3.63) is 33.6 Å². The van der Waals surface area contributed by atoms with Gasteiger partial charge in [0.25, 0.3) is 5.91 Å². The van der Waals surface area contributed by atoms with Crippen molar-refractivity contribution >= 4 is 45.0 Å². The summed E-state index contributed by atoms with van der Waals surface area (Å²) in [4.78, 5) is 29.1. The molecule has 0 atom stereocenters. The van der Waals surface area contributed by atoms with Gasteiger partial charge < -0.3 is 14.0 Å². The molecular formula is C15H14N4O4S2. The Morgan fingerprint density at radius 2 is 2.12 bits per heavy atom. The monoisotopic (exact) mass is 378 g/mol. The third kappa shape index (κ3) is 3.44. The van der Waals surface area contributed by atoms with Gasteiger partial charge in [0, 0.05) is 0 Å². The molecule has 0 aliphatic heterocycles. The number of nitrogens with zero attached hydrogens (tertiary/aromatic N) is 4. The number of amides is 1. The number of carbonyl (C=O) groups is 2. The number of ether oxygens (including phenoxy) is 2. The number of rotatable bonds is 4. The van der Waals surface area contributed by atoms with Gasteiger partial charge in [0.05, 0.1) is 30.1 Å².